The molecule has 0 rings (SSSR count). The number of hydrogen-bond donors (Lipinski definition) is 0. The Balaban J connectivity index is -0.0000000865. The summed E-state index contributed by atoms with van der Waals surface area (Å²) in [4.78, 5) is 28.4. The van der Waals surface area contributed by atoms with Gasteiger partial charge < -0.3 is 29.7 Å². The van der Waals surface area contributed by atoms with Crippen molar-refractivity contribution in [2.75, 3.05) is 0 Å². The van der Waals surface area contributed by atoms with Gasteiger partial charge in [-0.05, 0) is 20.8 Å². The van der Waals surface area contributed by atoms with Crippen LogP contribution in [-0.2, 0) is 14.4 Å². The number of hydrogen-bond acceptors (Lipinski definition) is 6. The number of carbonyl (C=O) groups excluding carboxylic acids is 3. The van der Waals surface area contributed by atoms with Crippen molar-refractivity contribution in [1.29, 1.82) is 0 Å². The van der Waals surface area contributed by atoms with E-state index in [1.165, 1.54) is 20.8 Å². The molecular weight excluding hydrogens is 425 g/mol. The molecule has 19 heavy (non-hydrogen) atoms. The molecule has 0 fully saturated rings. The van der Waals surface area contributed by atoms with E-state index in [0.717, 1.165) is 0 Å². The van der Waals surface area contributed by atoms with Crippen LogP contribution < -0.4 is 15.3 Å². The predicted octanol–water partition coefficient (Wildman–Crippen LogP) is -2.29. The van der Waals surface area contributed by atoms with Crippen molar-refractivity contribution in [2.24, 2.45) is 0 Å². The molecule has 0 N–H and O–H groups in total. The van der Waals surface area contributed by atoms with Crippen molar-refractivity contribution >= 4 is 78.6 Å². The van der Waals surface area contributed by atoms with E-state index in [2.05, 4.69) is 0 Å². The van der Waals surface area contributed by atoms with Crippen molar-refractivity contribution in [2.45, 2.75) is 36.9 Å². The Hall–Kier alpha value is 0.150. The Morgan fingerprint density at radius 2 is 0.737 bits per heavy atom. The van der Waals surface area contributed by atoms with Gasteiger partial charge >= 0.3 is 25.8 Å². The van der Waals surface area contributed by atoms with E-state index in [-0.39, 0.29) is 25.8 Å². The largest absolute Gasteiger partial charge is 3.00 e. The van der Waals surface area contributed by atoms with E-state index in [0.29, 0.717) is 0 Å². The molecule has 6 nitrogen and oxygen atoms in total. The number of rotatable bonds is 3. The first kappa shape index (κ1) is 27.5. The zero-order valence-corrected chi connectivity index (χ0v) is 16.0. The van der Waals surface area contributed by atoms with E-state index in [9.17, 15) is 29.7 Å². The molecule has 0 spiro atoms. The van der Waals surface area contributed by atoms with E-state index < -0.39 is 34.0 Å². The number of aliphatic carboxylic acids is 3. The van der Waals surface area contributed by atoms with Crippen LogP contribution in [0.3, 0.4) is 0 Å². The van der Waals surface area contributed by atoms with Gasteiger partial charge in [0, 0.05) is 0 Å². The second kappa shape index (κ2) is 16.2. The van der Waals surface area contributed by atoms with Gasteiger partial charge in [-0.3, -0.25) is 0 Å². The molecule has 3 atom stereocenters. The predicted molar refractivity (Wildman–Crippen MR) is 66.7 cm³/mol. The molecule has 108 valence electrons. The minimum atomic E-state index is -1.23. The minimum Gasteiger partial charge on any atom is -0.549 e. The van der Waals surface area contributed by atoms with Crippen molar-refractivity contribution in [3.8, 4) is 0 Å². The van der Waals surface area contributed by atoms with Gasteiger partial charge in [0.1, 0.15) is 0 Å². The monoisotopic (exact) mass is 436 g/mol. The van der Waals surface area contributed by atoms with Crippen LogP contribution in [0, 0.1) is 0 Å². The average molecular weight is 437 g/mol. The molecule has 0 saturated carbocycles. The first-order valence-electron chi connectivity index (χ1n) is 4.48. The molecule has 0 aliphatic carbocycles. The zero-order valence-electron chi connectivity index (χ0n) is 10.4. The fourth-order valence-electron chi connectivity index (χ4n) is 0. The summed E-state index contributed by atoms with van der Waals surface area (Å²) in [5.41, 5.74) is 0. The smallest absolute Gasteiger partial charge is 0.549 e. The van der Waals surface area contributed by atoms with E-state index in [1.807, 2.05) is 0 Å². The van der Waals surface area contributed by atoms with Gasteiger partial charge in [0.15, 0.2) is 0 Å². The first-order chi connectivity index (χ1) is 7.93. The van der Waals surface area contributed by atoms with Gasteiger partial charge in [0.05, 0.1) is 34.0 Å². The van der Waals surface area contributed by atoms with Crippen LogP contribution in [0.25, 0.3) is 0 Å². The number of halogens is 3. The molecule has 0 saturated heterocycles. The van der Waals surface area contributed by atoms with Gasteiger partial charge in [-0.15, -0.1) is 34.8 Å². The third kappa shape index (κ3) is 32.1. The molecule has 0 heterocycles. The van der Waals surface area contributed by atoms with Crippen molar-refractivity contribution in [3.63, 3.8) is 0 Å². The van der Waals surface area contributed by atoms with E-state index >= 15 is 0 Å². The molecule has 10 heteroatoms. The van der Waals surface area contributed by atoms with Crippen LogP contribution in [-0.4, -0.2) is 59.9 Å². The molecule has 0 aromatic rings. The summed E-state index contributed by atoms with van der Waals surface area (Å²) in [6, 6.07) is 0. The summed E-state index contributed by atoms with van der Waals surface area (Å²) < 4.78 is 0. The number of alkyl halides is 3. The Morgan fingerprint density at radius 3 is 0.737 bits per heavy atom. The van der Waals surface area contributed by atoms with Crippen LogP contribution in [0.2, 0.25) is 0 Å². The molecule has 0 amide bonds. The van der Waals surface area contributed by atoms with E-state index in [4.69, 9.17) is 34.8 Å². The van der Waals surface area contributed by atoms with Gasteiger partial charge in [0.2, 0.25) is 0 Å². The van der Waals surface area contributed by atoms with Crippen molar-refractivity contribution < 1.29 is 29.7 Å². The fourth-order valence-corrected chi connectivity index (χ4v) is 0. The normalized spacial score (nSPS) is 12.9. The zero-order chi connectivity index (χ0) is 15.5. The molecule has 0 aromatic heterocycles. The van der Waals surface area contributed by atoms with Crippen LogP contribution in [0.4, 0.5) is 0 Å². The summed E-state index contributed by atoms with van der Waals surface area (Å²) in [6.07, 6.45) is 0. The van der Waals surface area contributed by atoms with Crippen molar-refractivity contribution in [1.82, 2.24) is 0 Å². The molecule has 0 bridgehead atoms. The van der Waals surface area contributed by atoms with Gasteiger partial charge in [-0.25, -0.2) is 0 Å². The molecular formula is C9H12Cl3InO6. The number of carboxylic acid groups (broad SMARTS) is 3. The molecule has 0 aliphatic heterocycles. The minimum absolute atomic E-state index is 0. The molecule has 0 radical (unpaired) electrons. The SMILES string of the molecule is CC(Cl)C(=O)[O-].CC(Cl)C(=O)[O-].CC(Cl)C(=O)[O-].[In+3]. The van der Waals surface area contributed by atoms with E-state index in [1.54, 1.807) is 0 Å². The van der Waals surface area contributed by atoms with Crippen LogP contribution in [0.1, 0.15) is 20.8 Å². The third-order valence-electron chi connectivity index (χ3n) is 0.974. The van der Waals surface area contributed by atoms with Gasteiger partial charge in [-0.2, -0.15) is 0 Å². The quantitative estimate of drug-likeness (QED) is 0.459. The first-order valence-corrected chi connectivity index (χ1v) is 5.79. The summed E-state index contributed by atoms with van der Waals surface area (Å²) in [5, 5.41) is 25.8. The Bertz CT molecular complexity index is 228. The van der Waals surface area contributed by atoms with Crippen LogP contribution >= 0.6 is 34.8 Å². The summed E-state index contributed by atoms with van der Waals surface area (Å²) in [6.45, 7) is 4.03. The summed E-state index contributed by atoms with van der Waals surface area (Å²) >= 11 is 14.9. The van der Waals surface area contributed by atoms with Crippen molar-refractivity contribution in [3.05, 3.63) is 0 Å². The maximum absolute atomic E-state index is 9.46. The maximum atomic E-state index is 9.46. The fraction of sp³-hybridized carbons (Fsp3) is 0.667. The maximum Gasteiger partial charge on any atom is 3.00 e. The molecule has 3 unspecified atom stereocenters. The topological polar surface area (TPSA) is 120 Å². The third-order valence-corrected chi connectivity index (χ3v) is 1.51. The summed E-state index contributed by atoms with van der Waals surface area (Å²) in [5.74, 6) is -3.68. The molecule has 0 aromatic carbocycles. The van der Waals surface area contributed by atoms with Crippen LogP contribution in [0.5, 0.6) is 0 Å². The summed E-state index contributed by atoms with van der Waals surface area (Å²) in [7, 11) is 0. The van der Waals surface area contributed by atoms with Gasteiger partial charge in [-0.1, -0.05) is 0 Å². The Kier molecular flexibility index (Phi) is 23.4. The van der Waals surface area contributed by atoms with Gasteiger partial charge in [0.25, 0.3) is 0 Å². The second-order valence-electron chi connectivity index (χ2n) is 2.81. The second-order valence-corrected chi connectivity index (χ2v) is 4.77. The molecule has 0 aliphatic rings. The number of carbonyl (C=O) groups is 3. The number of carboxylic acids is 3. The average Bonchev–Trinajstić information content (AvgIpc) is 2.18. The van der Waals surface area contributed by atoms with Crippen LogP contribution in [0.15, 0.2) is 0 Å². The standard InChI is InChI=1S/3C3H5ClO2.In/c3*1-2(4)3(5)6;/h3*2H,1H3,(H,5,6);/q;;;+3/p-3. The Morgan fingerprint density at radius 1 is 0.684 bits per heavy atom. The Labute approximate surface area is 144 Å².